The number of unbranched alkanes of at least 4 members (excludes halogenated alkanes) is 1. The van der Waals surface area contributed by atoms with Gasteiger partial charge in [-0.1, -0.05) is 36.8 Å². The summed E-state index contributed by atoms with van der Waals surface area (Å²) >= 11 is 1.76. The molecule has 92 valence electrons. The number of hydrogen-bond acceptors (Lipinski definition) is 4. The van der Waals surface area contributed by atoms with Crippen molar-refractivity contribution in [1.82, 2.24) is 4.98 Å². The number of fused-ring (bicyclic) bond motifs is 1. The normalized spacial score (nSPS) is 10.9. The number of thiazole rings is 1. The van der Waals surface area contributed by atoms with Gasteiger partial charge in [-0.15, -0.1) is 0 Å². The summed E-state index contributed by atoms with van der Waals surface area (Å²) in [6.45, 7) is 4.83. The highest BCUT2D eigenvalue weighted by atomic mass is 32.1. The number of aromatic nitrogens is 1. The van der Waals surface area contributed by atoms with E-state index in [1.807, 2.05) is 6.07 Å². The molecule has 0 spiro atoms. The first-order valence-corrected chi connectivity index (χ1v) is 6.97. The van der Waals surface area contributed by atoms with Gasteiger partial charge in [0.2, 0.25) is 0 Å². The molecule has 0 radical (unpaired) electrons. The van der Waals surface area contributed by atoms with Gasteiger partial charge in [0, 0.05) is 19.6 Å². The van der Waals surface area contributed by atoms with E-state index in [0.717, 1.165) is 23.7 Å². The fraction of sp³-hybridized carbons (Fsp3) is 0.462. The van der Waals surface area contributed by atoms with Crippen LogP contribution in [0, 0.1) is 0 Å². The van der Waals surface area contributed by atoms with E-state index in [1.165, 1.54) is 17.5 Å². The van der Waals surface area contributed by atoms with Gasteiger partial charge in [0.1, 0.15) is 0 Å². The highest BCUT2D eigenvalue weighted by Crippen LogP contribution is 2.28. The second kappa shape index (κ2) is 5.98. The Bertz CT molecular complexity index is 433. The molecule has 17 heavy (non-hydrogen) atoms. The molecular weight excluding hydrogens is 230 g/mol. The highest BCUT2D eigenvalue weighted by molar-refractivity contribution is 7.22. The van der Waals surface area contributed by atoms with Gasteiger partial charge in [-0.05, 0) is 18.6 Å². The van der Waals surface area contributed by atoms with Crippen LogP contribution in [-0.2, 0) is 0 Å². The van der Waals surface area contributed by atoms with Gasteiger partial charge in [-0.25, -0.2) is 4.98 Å². The standard InChI is InChI=1S/C13H19N3S/c1-2-3-9-16(10-8-14)13-15-11-6-4-5-7-12(11)17-13/h4-7H,2-3,8-10,14H2,1H3. The van der Waals surface area contributed by atoms with E-state index in [0.29, 0.717) is 6.54 Å². The van der Waals surface area contributed by atoms with Crippen molar-refractivity contribution in [2.24, 2.45) is 5.73 Å². The zero-order valence-corrected chi connectivity index (χ0v) is 11.0. The van der Waals surface area contributed by atoms with Crippen molar-refractivity contribution in [1.29, 1.82) is 0 Å². The molecule has 1 aromatic carbocycles. The molecule has 1 heterocycles. The molecule has 0 saturated heterocycles. The molecule has 0 fully saturated rings. The van der Waals surface area contributed by atoms with Crippen molar-refractivity contribution >= 4 is 26.7 Å². The maximum absolute atomic E-state index is 5.67. The van der Waals surface area contributed by atoms with Crippen molar-refractivity contribution in [3.05, 3.63) is 24.3 Å². The van der Waals surface area contributed by atoms with Gasteiger partial charge < -0.3 is 10.6 Å². The van der Waals surface area contributed by atoms with Crippen LogP contribution < -0.4 is 10.6 Å². The summed E-state index contributed by atoms with van der Waals surface area (Å²) in [6.07, 6.45) is 2.39. The maximum Gasteiger partial charge on any atom is 0.186 e. The summed E-state index contributed by atoms with van der Waals surface area (Å²) in [4.78, 5) is 6.97. The number of nitrogens with zero attached hydrogens (tertiary/aromatic N) is 2. The van der Waals surface area contributed by atoms with Crippen LogP contribution in [0.4, 0.5) is 5.13 Å². The summed E-state index contributed by atoms with van der Waals surface area (Å²) in [7, 11) is 0. The molecule has 1 aromatic heterocycles. The topological polar surface area (TPSA) is 42.1 Å². The van der Waals surface area contributed by atoms with Gasteiger partial charge in [0.25, 0.3) is 0 Å². The summed E-state index contributed by atoms with van der Waals surface area (Å²) in [5.41, 5.74) is 6.76. The number of rotatable bonds is 6. The Balaban J connectivity index is 2.21. The third kappa shape index (κ3) is 2.96. The Labute approximate surface area is 106 Å². The molecule has 0 unspecified atom stereocenters. The van der Waals surface area contributed by atoms with Crippen LogP contribution in [0.1, 0.15) is 19.8 Å². The molecule has 0 aliphatic heterocycles. The number of anilines is 1. The second-order valence-electron chi connectivity index (χ2n) is 4.09. The Morgan fingerprint density at radius 1 is 1.29 bits per heavy atom. The summed E-state index contributed by atoms with van der Waals surface area (Å²) in [5, 5.41) is 1.10. The zero-order chi connectivity index (χ0) is 12.1. The molecule has 2 N–H and O–H groups in total. The van der Waals surface area contributed by atoms with Gasteiger partial charge in [0.15, 0.2) is 5.13 Å². The fourth-order valence-corrected chi connectivity index (χ4v) is 2.82. The lowest BCUT2D eigenvalue weighted by molar-refractivity contribution is 0.714. The molecule has 0 saturated carbocycles. The predicted molar refractivity (Wildman–Crippen MR) is 75.8 cm³/mol. The Morgan fingerprint density at radius 2 is 2.12 bits per heavy atom. The molecule has 0 amide bonds. The molecule has 2 aromatic rings. The summed E-state index contributed by atoms with van der Waals surface area (Å²) in [6, 6.07) is 8.28. The number of para-hydroxylation sites is 1. The second-order valence-corrected chi connectivity index (χ2v) is 5.10. The minimum Gasteiger partial charge on any atom is -0.347 e. The van der Waals surface area contributed by atoms with E-state index in [1.54, 1.807) is 11.3 Å². The van der Waals surface area contributed by atoms with Crippen LogP contribution in [0.5, 0.6) is 0 Å². The Hall–Kier alpha value is -1.13. The maximum atomic E-state index is 5.67. The number of nitrogens with two attached hydrogens (primary N) is 1. The van der Waals surface area contributed by atoms with Crippen LogP contribution >= 0.6 is 11.3 Å². The third-order valence-corrected chi connectivity index (χ3v) is 3.83. The van der Waals surface area contributed by atoms with Crippen LogP contribution in [0.2, 0.25) is 0 Å². The van der Waals surface area contributed by atoms with Crippen molar-refractivity contribution in [3.63, 3.8) is 0 Å². The minimum absolute atomic E-state index is 0.680. The van der Waals surface area contributed by atoms with Gasteiger partial charge in [0.05, 0.1) is 10.2 Å². The molecule has 0 bridgehead atoms. The first kappa shape index (κ1) is 12.3. The molecular formula is C13H19N3S. The minimum atomic E-state index is 0.680. The van der Waals surface area contributed by atoms with Crippen LogP contribution in [0.15, 0.2) is 24.3 Å². The summed E-state index contributed by atoms with van der Waals surface area (Å²) in [5.74, 6) is 0. The fourth-order valence-electron chi connectivity index (χ4n) is 1.80. The molecule has 0 aliphatic carbocycles. The Kier molecular flexibility index (Phi) is 4.34. The van der Waals surface area contributed by atoms with Crippen LogP contribution in [-0.4, -0.2) is 24.6 Å². The highest BCUT2D eigenvalue weighted by Gasteiger charge is 2.10. The molecule has 0 atom stereocenters. The lowest BCUT2D eigenvalue weighted by atomic mass is 10.3. The predicted octanol–water partition coefficient (Wildman–Crippen LogP) is 2.86. The first-order valence-electron chi connectivity index (χ1n) is 6.15. The number of hydrogen-bond donors (Lipinski definition) is 1. The van der Waals surface area contributed by atoms with Crippen molar-refractivity contribution in [2.75, 3.05) is 24.5 Å². The molecule has 3 nitrogen and oxygen atoms in total. The Morgan fingerprint density at radius 3 is 2.82 bits per heavy atom. The smallest absolute Gasteiger partial charge is 0.186 e. The number of benzene rings is 1. The van der Waals surface area contributed by atoms with E-state index in [2.05, 4.69) is 35.0 Å². The molecule has 0 aliphatic rings. The third-order valence-electron chi connectivity index (χ3n) is 2.73. The first-order chi connectivity index (χ1) is 8.35. The average Bonchev–Trinajstić information content (AvgIpc) is 2.78. The van der Waals surface area contributed by atoms with E-state index in [-0.39, 0.29) is 0 Å². The zero-order valence-electron chi connectivity index (χ0n) is 10.2. The largest absolute Gasteiger partial charge is 0.347 e. The van der Waals surface area contributed by atoms with Gasteiger partial charge >= 0.3 is 0 Å². The van der Waals surface area contributed by atoms with Crippen LogP contribution in [0.25, 0.3) is 10.2 Å². The van der Waals surface area contributed by atoms with Gasteiger partial charge in [-0.3, -0.25) is 0 Å². The van der Waals surface area contributed by atoms with E-state index < -0.39 is 0 Å². The lowest BCUT2D eigenvalue weighted by Crippen LogP contribution is -2.30. The van der Waals surface area contributed by atoms with Crippen molar-refractivity contribution < 1.29 is 0 Å². The van der Waals surface area contributed by atoms with E-state index in [9.17, 15) is 0 Å². The SMILES string of the molecule is CCCCN(CCN)c1nc2ccccc2s1. The van der Waals surface area contributed by atoms with Gasteiger partial charge in [-0.2, -0.15) is 0 Å². The van der Waals surface area contributed by atoms with Crippen molar-refractivity contribution in [2.45, 2.75) is 19.8 Å². The van der Waals surface area contributed by atoms with Crippen molar-refractivity contribution in [3.8, 4) is 0 Å². The quantitative estimate of drug-likeness (QED) is 0.856. The molecule has 4 heteroatoms. The van der Waals surface area contributed by atoms with Crippen LogP contribution in [0.3, 0.4) is 0 Å². The average molecular weight is 249 g/mol. The van der Waals surface area contributed by atoms with E-state index >= 15 is 0 Å². The summed E-state index contributed by atoms with van der Waals surface area (Å²) < 4.78 is 1.25. The monoisotopic (exact) mass is 249 g/mol. The lowest BCUT2D eigenvalue weighted by Gasteiger charge is -2.20. The van der Waals surface area contributed by atoms with E-state index in [4.69, 9.17) is 5.73 Å². The molecule has 2 rings (SSSR count).